The van der Waals surface area contributed by atoms with Gasteiger partial charge < -0.3 is 35.1 Å². The maximum atomic E-state index is 13.4. The van der Waals surface area contributed by atoms with E-state index in [9.17, 15) is 19.8 Å². The van der Waals surface area contributed by atoms with Crippen molar-refractivity contribution < 1.29 is 34.0 Å². The average molecular weight is 635 g/mol. The molecule has 0 spiro atoms. The molecule has 1 saturated carbocycles. The molecule has 3 rings (SSSR count). The first-order valence-corrected chi connectivity index (χ1v) is 15.4. The predicted octanol–water partition coefficient (Wildman–Crippen LogP) is 4.12. The van der Waals surface area contributed by atoms with Crippen LogP contribution in [-0.2, 0) is 14.2 Å². The number of rotatable bonds is 15. The molecular formula is C32H47ClN4O7. The molecule has 1 aromatic carbocycles. The number of esters is 1. The molecule has 0 aliphatic heterocycles. The Hall–Kier alpha value is -2.67. The minimum atomic E-state index is -1.57. The lowest BCUT2D eigenvalue weighted by atomic mass is 9.63. The zero-order valence-electron chi connectivity index (χ0n) is 26.7. The van der Waals surface area contributed by atoms with E-state index < -0.39 is 41.2 Å². The van der Waals surface area contributed by atoms with Gasteiger partial charge in [-0.1, -0.05) is 37.6 Å². The van der Waals surface area contributed by atoms with Crippen LogP contribution >= 0.6 is 11.6 Å². The van der Waals surface area contributed by atoms with E-state index in [1.54, 1.807) is 52.5 Å². The normalized spacial score (nSPS) is 24.1. The smallest absolute Gasteiger partial charge is 0.340 e. The van der Waals surface area contributed by atoms with E-state index in [1.165, 1.54) is 12.4 Å². The van der Waals surface area contributed by atoms with Crippen LogP contribution in [0.5, 0.6) is 0 Å². The Kier molecular flexibility index (Phi) is 12.7. The van der Waals surface area contributed by atoms with Crippen LogP contribution in [0.25, 0.3) is 0 Å². The molecule has 244 valence electrons. The summed E-state index contributed by atoms with van der Waals surface area (Å²) in [7, 11) is 4.95. The van der Waals surface area contributed by atoms with Crippen molar-refractivity contribution in [2.24, 2.45) is 17.8 Å². The van der Waals surface area contributed by atoms with Crippen LogP contribution in [0.2, 0.25) is 5.15 Å². The third kappa shape index (κ3) is 7.75. The lowest BCUT2D eigenvalue weighted by Gasteiger charge is -2.52. The number of amides is 1. The van der Waals surface area contributed by atoms with Crippen molar-refractivity contribution >= 4 is 29.2 Å². The SMILES string of the molecule is CNC[C@H](CC(C)[C@H](C)OC(=O)c1ccccc1NC(=O)c1cnc(Cl)cn1)[C@@](O)(C[C@H](C)OC)[C@]1(O)C(C)CC[C@@H]1OC. The van der Waals surface area contributed by atoms with E-state index in [2.05, 4.69) is 20.6 Å². The predicted molar refractivity (Wildman–Crippen MR) is 168 cm³/mol. The fourth-order valence-corrected chi connectivity index (χ4v) is 6.51. The van der Waals surface area contributed by atoms with Gasteiger partial charge in [0, 0.05) is 33.1 Å². The average Bonchev–Trinajstić information content (AvgIpc) is 3.31. The number of aliphatic hydroxyl groups is 2. The van der Waals surface area contributed by atoms with Gasteiger partial charge in [0.15, 0.2) is 0 Å². The second-order valence-corrected chi connectivity index (χ2v) is 12.4. The number of nitrogens with zero attached hydrogens (tertiary/aromatic N) is 2. The Morgan fingerprint density at radius 2 is 1.86 bits per heavy atom. The molecule has 1 amide bonds. The van der Waals surface area contributed by atoms with E-state index in [4.69, 9.17) is 25.8 Å². The minimum Gasteiger partial charge on any atom is -0.459 e. The van der Waals surface area contributed by atoms with Crippen LogP contribution in [-0.4, -0.2) is 89.4 Å². The number of carbonyl (C=O) groups is 2. The van der Waals surface area contributed by atoms with E-state index >= 15 is 0 Å². The van der Waals surface area contributed by atoms with Gasteiger partial charge in [-0.2, -0.15) is 0 Å². The van der Waals surface area contributed by atoms with E-state index in [1.807, 2.05) is 20.8 Å². The van der Waals surface area contributed by atoms with Gasteiger partial charge in [0.1, 0.15) is 28.2 Å². The van der Waals surface area contributed by atoms with Crippen molar-refractivity contribution in [3.63, 3.8) is 0 Å². The molecule has 4 N–H and O–H groups in total. The largest absolute Gasteiger partial charge is 0.459 e. The van der Waals surface area contributed by atoms with E-state index in [0.29, 0.717) is 19.4 Å². The number of anilines is 1. The minimum absolute atomic E-state index is 0.0411. The van der Waals surface area contributed by atoms with E-state index in [-0.39, 0.29) is 46.5 Å². The molecule has 0 saturated heterocycles. The monoisotopic (exact) mass is 634 g/mol. The number of ether oxygens (including phenoxy) is 3. The summed E-state index contributed by atoms with van der Waals surface area (Å²) in [6.45, 7) is 7.97. The molecule has 0 radical (unpaired) electrons. The first-order valence-electron chi connectivity index (χ1n) is 15.1. The van der Waals surface area contributed by atoms with Crippen LogP contribution in [0.1, 0.15) is 74.2 Å². The summed E-state index contributed by atoms with van der Waals surface area (Å²) in [5, 5.41) is 30.8. The topological polar surface area (TPSA) is 152 Å². The fraction of sp³-hybridized carbons (Fsp3) is 0.625. The van der Waals surface area contributed by atoms with Crippen molar-refractivity contribution in [1.82, 2.24) is 15.3 Å². The molecule has 11 nitrogen and oxygen atoms in total. The molecule has 44 heavy (non-hydrogen) atoms. The molecule has 12 heteroatoms. The number of hydrogen-bond acceptors (Lipinski definition) is 10. The number of aromatic nitrogens is 2. The maximum Gasteiger partial charge on any atom is 0.340 e. The first-order chi connectivity index (χ1) is 20.8. The highest BCUT2D eigenvalue weighted by Crippen LogP contribution is 2.50. The Bertz CT molecular complexity index is 1250. The second kappa shape index (κ2) is 15.6. The van der Waals surface area contributed by atoms with Gasteiger partial charge >= 0.3 is 5.97 Å². The molecule has 1 heterocycles. The number of carbonyl (C=O) groups excluding carboxylic acids is 2. The van der Waals surface area contributed by atoms with Crippen LogP contribution in [0, 0.1) is 17.8 Å². The molecule has 1 aliphatic carbocycles. The van der Waals surface area contributed by atoms with Crippen molar-refractivity contribution in [2.75, 3.05) is 33.1 Å². The highest BCUT2D eigenvalue weighted by Gasteiger charge is 2.63. The van der Waals surface area contributed by atoms with Crippen LogP contribution < -0.4 is 10.6 Å². The number of halogens is 1. The third-order valence-corrected chi connectivity index (χ3v) is 9.40. The van der Waals surface area contributed by atoms with Crippen LogP contribution in [0.3, 0.4) is 0 Å². The zero-order chi connectivity index (χ0) is 32.7. The first kappa shape index (κ1) is 35.8. The second-order valence-electron chi connectivity index (χ2n) is 12.0. The maximum absolute atomic E-state index is 13.4. The summed E-state index contributed by atoms with van der Waals surface area (Å²) >= 11 is 5.77. The Labute approximate surface area is 265 Å². The summed E-state index contributed by atoms with van der Waals surface area (Å²) in [4.78, 5) is 33.9. The zero-order valence-corrected chi connectivity index (χ0v) is 27.4. The molecule has 2 unspecified atom stereocenters. The summed E-state index contributed by atoms with van der Waals surface area (Å²) < 4.78 is 17.2. The summed E-state index contributed by atoms with van der Waals surface area (Å²) in [5.41, 5.74) is -2.60. The molecule has 8 atom stereocenters. The number of methoxy groups -OCH3 is 2. The third-order valence-electron chi connectivity index (χ3n) is 9.21. The number of hydrogen-bond donors (Lipinski definition) is 4. The van der Waals surface area contributed by atoms with Gasteiger partial charge in [-0.3, -0.25) is 4.79 Å². The Morgan fingerprint density at radius 3 is 2.48 bits per heavy atom. The summed E-state index contributed by atoms with van der Waals surface area (Å²) in [6, 6.07) is 6.54. The van der Waals surface area contributed by atoms with Crippen molar-refractivity contribution in [2.45, 2.75) is 82.9 Å². The van der Waals surface area contributed by atoms with Crippen molar-refractivity contribution in [3.05, 3.63) is 53.1 Å². The Morgan fingerprint density at radius 1 is 1.16 bits per heavy atom. The molecule has 0 bridgehead atoms. The molecule has 1 fully saturated rings. The van der Waals surface area contributed by atoms with Crippen LogP contribution in [0.15, 0.2) is 36.7 Å². The molecule has 2 aromatic rings. The quantitative estimate of drug-likeness (QED) is 0.211. The van der Waals surface area contributed by atoms with Gasteiger partial charge in [0.05, 0.1) is 35.9 Å². The lowest BCUT2D eigenvalue weighted by molar-refractivity contribution is -0.247. The highest BCUT2D eigenvalue weighted by atomic mass is 35.5. The fourth-order valence-electron chi connectivity index (χ4n) is 6.41. The van der Waals surface area contributed by atoms with Gasteiger partial charge in [-0.05, 0) is 64.1 Å². The van der Waals surface area contributed by atoms with Crippen molar-refractivity contribution in [1.29, 1.82) is 0 Å². The summed E-state index contributed by atoms with van der Waals surface area (Å²) in [6.07, 6.45) is 3.06. The van der Waals surface area contributed by atoms with Gasteiger partial charge in [0.25, 0.3) is 5.91 Å². The Balaban J connectivity index is 1.81. The van der Waals surface area contributed by atoms with Gasteiger partial charge in [-0.25, -0.2) is 14.8 Å². The van der Waals surface area contributed by atoms with E-state index in [0.717, 1.165) is 6.42 Å². The molecule has 1 aromatic heterocycles. The molecule has 1 aliphatic rings. The molecular weight excluding hydrogens is 588 g/mol. The highest BCUT2D eigenvalue weighted by molar-refractivity contribution is 6.29. The van der Waals surface area contributed by atoms with Crippen molar-refractivity contribution in [3.8, 4) is 0 Å². The number of nitrogens with one attached hydrogen (secondary N) is 2. The summed E-state index contributed by atoms with van der Waals surface area (Å²) in [5.74, 6) is -2.02. The van der Waals surface area contributed by atoms with Gasteiger partial charge in [-0.15, -0.1) is 0 Å². The van der Waals surface area contributed by atoms with Gasteiger partial charge in [0.2, 0.25) is 0 Å². The number of benzene rings is 1. The lowest BCUT2D eigenvalue weighted by Crippen LogP contribution is -2.67. The van der Waals surface area contributed by atoms with Crippen LogP contribution in [0.4, 0.5) is 5.69 Å². The standard InChI is InChI=1S/C32H47ClN4O7/c1-19(14-23(16-34-5)31(40,15-21(3)42-6)32(41)20(2)12-13-27(32)43-7)22(4)44-30(39)24-10-8-9-11-25(24)37-29(38)26-17-36-28(33)18-35-26/h8-11,17-23,27,34,40-41H,12-16H2,1-7H3,(H,37,38)/t19?,20?,21-,22-,23-,27-,31-,32-/m0/s1. The number of para-hydroxylation sites is 1.